The van der Waals surface area contributed by atoms with Crippen molar-refractivity contribution in [2.45, 2.75) is 20.5 Å². The largest absolute Gasteiger partial charge is 0.455 e. The van der Waals surface area contributed by atoms with Crippen molar-refractivity contribution < 1.29 is 23.5 Å². The van der Waals surface area contributed by atoms with Gasteiger partial charge in [-0.2, -0.15) is 0 Å². The van der Waals surface area contributed by atoms with Gasteiger partial charge in [0, 0.05) is 5.56 Å². The molecule has 7 heteroatoms. The van der Waals surface area contributed by atoms with Gasteiger partial charge in [-0.25, -0.2) is 14.7 Å². The Balaban J connectivity index is 1.33. The Morgan fingerprint density at radius 1 is 0.941 bits per heavy atom. The number of hydrogen-bond acceptors (Lipinski definition) is 6. The van der Waals surface area contributed by atoms with E-state index in [-0.39, 0.29) is 23.3 Å². The lowest BCUT2D eigenvalue weighted by molar-refractivity contribution is 0.0467. The van der Waals surface area contributed by atoms with Gasteiger partial charge in [0.05, 0.1) is 22.4 Å². The maximum atomic E-state index is 13.1. The summed E-state index contributed by atoms with van der Waals surface area (Å²) < 4.78 is 10.8. The number of rotatable bonds is 5. The molecule has 1 aliphatic heterocycles. The Morgan fingerprint density at radius 2 is 1.71 bits per heavy atom. The van der Waals surface area contributed by atoms with Crippen molar-refractivity contribution in [1.82, 2.24) is 4.98 Å². The maximum Gasteiger partial charge on any atom is 0.338 e. The second-order valence-electron chi connectivity index (χ2n) is 8.08. The van der Waals surface area contributed by atoms with Crippen LogP contribution in [0.3, 0.4) is 0 Å². The molecule has 1 aliphatic rings. The van der Waals surface area contributed by atoms with Gasteiger partial charge in [0.25, 0.3) is 11.8 Å². The summed E-state index contributed by atoms with van der Waals surface area (Å²) >= 11 is 0. The lowest BCUT2D eigenvalue weighted by Crippen LogP contribution is -2.30. The third-order valence-corrected chi connectivity index (χ3v) is 5.65. The number of esters is 1. The van der Waals surface area contributed by atoms with Crippen LogP contribution >= 0.6 is 0 Å². The van der Waals surface area contributed by atoms with Crippen molar-refractivity contribution in [2.24, 2.45) is 0 Å². The molecule has 0 saturated heterocycles. The van der Waals surface area contributed by atoms with E-state index in [1.165, 1.54) is 24.5 Å². The average Bonchev–Trinajstić information content (AvgIpc) is 3.42. The lowest BCUT2D eigenvalue weighted by Gasteiger charge is -2.17. The Bertz CT molecular complexity index is 1440. The standard InChI is InChI=1S/C27H20N2O5/c1-16-8-9-17(2)23(12-16)29-25(30)21-11-10-19(13-22(21)26(29)31)27(32)34-15-20-14-33-24(28-20)18-6-4-3-5-7-18/h3-14H,15H2,1-2H3. The van der Waals surface area contributed by atoms with Crippen LogP contribution in [0.4, 0.5) is 5.69 Å². The minimum atomic E-state index is -0.627. The molecule has 2 amide bonds. The molecule has 0 aliphatic carbocycles. The highest BCUT2D eigenvalue weighted by atomic mass is 16.5. The maximum absolute atomic E-state index is 13.1. The fraction of sp³-hybridized carbons (Fsp3) is 0.111. The first-order valence-electron chi connectivity index (χ1n) is 10.7. The van der Waals surface area contributed by atoms with Crippen LogP contribution in [0, 0.1) is 13.8 Å². The van der Waals surface area contributed by atoms with Gasteiger partial charge < -0.3 is 9.15 Å². The van der Waals surface area contributed by atoms with Crippen molar-refractivity contribution in [1.29, 1.82) is 0 Å². The van der Waals surface area contributed by atoms with Gasteiger partial charge in [-0.15, -0.1) is 0 Å². The number of imide groups is 1. The van der Waals surface area contributed by atoms with E-state index in [2.05, 4.69) is 4.98 Å². The fourth-order valence-electron chi connectivity index (χ4n) is 3.86. The number of anilines is 1. The average molecular weight is 452 g/mol. The second-order valence-corrected chi connectivity index (χ2v) is 8.08. The number of nitrogens with zero attached hydrogens (tertiary/aromatic N) is 2. The predicted octanol–water partition coefficient (Wildman–Crippen LogP) is 5.12. The van der Waals surface area contributed by atoms with Crippen LogP contribution in [0.1, 0.15) is 47.9 Å². The minimum Gasteiger partial charge on any atom is -0.455 e. The summed E-state index contributed by atoms with van der Waals surface area (Å²) in [6.45, 7) is 3.65. The molecule has 0 fully saturated rings. The van der Waals surface area contributed by atoms with E-state index >= 15 is 0 Å². The van der Waals surface area contributed by atoms with E-state index in [9.17, 15) is 14.4 Å². The molecule has 0 bridgehead atoms. The number of hydrogen-bond donors (Lipinski definition) is 0. The summed E-state index contributed by atoms with van der Waals surface area (Å²) in [5.74, 6) is -1.07. The molecule has 0 spiro atoms. The van der Waals surface area contributed by atoms with Crippen LogP contribution in [0.5, 0.6) is 0 Å². The molecule has 168 valence electrons. The summed E-state index contributed by atoms with van der Waals surface area (Å²) in [4.78, 5) is 44.2. The van der Waals surface area contributed by atoms with E-state index in [0.29, 0.717) is 17.3 Å². The monoisotopic (exact) mass is 452 g/mol. The highest BCUT2D eigenvalue weighted by Gasteiger charge is 2.38. The van der Waals surface area contributed by atoms with Gasteiger partial charge in [0.2, 0.25) is 5.89 Å². The molecule has 7 nitrogen and oxygen atoms in total. The van der Waals surface area contributed by atoms with Crippen LogP contribution in [0.15, 0.2) is 77.4 Å². The second kappa shape index (κ2) is 8.44. The number of oxazole rings is 1. The highest BCUT2D eigenvalue weighted by molar-refractivity contribution is 6.35. The number of carbonyl (C=O) groups excluding carboxylic acids is 3. The van der Waals surface area contributed by atoms with Crippen LogP contribution in [0.2, 0.25) is 0 Å². The Kier molecular flexibility index (Phi) is 5.30. The van der Waals surface area contributed by atoms with Gasteiger partial charge in [0.1, 0.15) is 18.6 Å². The zero-order valence-electron chi connectivity index (χ0n) is 18.6. The van der Waals surface area contributed by atoms with Crippen molar-refractivity contribution in [3.63, 3.8) is 0 Å². The molecule has 0 N–H and O–H groups in total. The van der Waals surface area contributed by atoms with Gasteiger partial charge in [0.15, 0.2) is 0 Å². The topological polar surface area (TPSA) is 89.7 Å². The molecule has 3 aromatic carbocycles. The Labute approximate surface area is 195 Å². The smallest absolute Gasteiger partial charge is 0.338 e. The minimum absolute atomic E-state index is 0.0895. The number of aromatic nitrogens is 1. The number of aryl methyl sites for hydroxylation is 2. The third kappa shape index (κ3) is 3.77. The molecular weight excluding hydrogens is 432 g/mol. The molecule has 4 aromatic rings. The molecular formula is C27H20N2O5. The number of fused-ring (bicyclic) bond motifs is 1. The van der Waals surface area contributed by atoms with E-state index in [4.69, 9.17) is 9.15 Å². The molecule has 0 radical (unpaired) electrons. The predicted molar refractivity (Wildman–Crippen MR) is 125 cm³/mol. The molecule has 0 atom stereocenters. The van der Waals surface area contributed by atoms with Crippen LogP contribution in [0.25, 0.3) is 11.5 Å². The third-order valence-electron chi connectivity index (χ3n) is 5.65. The molecule has 5 rings (SSSR count). The zero-order chi connectivity index (χ0) is 23.8. The van der Waals surface area contributed by atoms with E-state index in [0.717, 1.165) is 21.6 Å². The molecule has 1 aromatic heterocycles. The molecule has 0 unspecified atom stereocenters. The van der Waals surface area contributed by atoms with Crippen molar-refractivity contribution >= 4 is 23.5 Å². The number of amides is 2. The normalized spacial score (nSPS) is 12.7. The molecule has 2 heterocycles. The van der Waals surface area contributed by atoms with Crippen LogP contribution in [-0.2, 0) is 11.3 Å². The van der Waals surface area contributed by atoms with Gasteiger partial charge >= 0.3 is 5.97 Å². The van der Waals surface area contributed by atoms with Gasteiger partial charge in [-0.1, -0.05) is 30.3 Å². The van der Waals surface area contributed by atoms with E-state index in [1.807, 2.05) is 56.3 Å². The lowest BCUT2D eigenvalue weighted by atomic mass is 10.1. The summed E-state index contributed by atoms with van der Waals surface area (Å²) in [5.41, 5.74) is 4.16. The highest BCUT2D eigenvalue weighted by Crippen LogP contribution is 2.32. The number of benzene rings is 3. The van der Waals surface area contributed by atoms with Crippen molar-refractivity contribution in [3.8, 4) is 11.5 Å². The Morgan fingerprint density at radius 3 is 2.50 bits per heavy atom. The van der Waals surface area contributed by atoms with E-state index in [1.54, 1.807) is 6.07 Å². The first-order valence-corrected chi connectivity index (χ1v) is 10.7. The van der Waals surface area contributed by atoms with Crippen molar-refractivity contribution in [3.05, 3.63) is 107 Å². The SMILES string of the molecule is Cc1ccc(C)c(N2C(=O)c3ccc(C(=O)OCc4coc(-c5ccccc5)n4)cc3C2=O)c1. The summed E-state index contributed by atoms with van der Waals surface area (Å²) in [7, 11) is 0. The quantitative estimate of drug-likeness (QED) is 0.309. The first kappa shape index (κ1) is 21.3. The van der Waals surface area contributed by atoms with E-state index < -0.39 is 17.8 Å². The summed E-state index contributed by atoms with van der Waals surface area (Å²) in [5, 5.41) is 0. The van der Waals surface area contributed by atoms with Gasteiger partial charge in [-0.3, -0.25) is 9.59 Å². The van der Waals surface area contributed by atoms with Crippen LogP contribution in [-0.4, -0.2) is 22.8 Å². The first-order chi connectivity index (χ1) is 16.4. The summed E-state index contributed by atoms with van der Waals surface area (Å²) in [6, 6.07) is 19.3. The summed E-state index contributed by atoms with van der Waals surface area (Å²) in [6.07, 6.45) is 1.43. The van der Waals surface area contributed by atoms with Crippen LogP contribution < -0.4 is 4.90 Å². The fourth-order valence-corrected chi connectivity index (χ4v) is 3.86. The number of carbonyl (C=O) groups is 3. The molecule has 0 saturated carbocycles. The van der Waals surface area contributed by atoms with Gasteiger partial charge in [-0.05, 0) is 61.4 Å². The molecule has 34 heavy (non-hydrogen) atoms. The number of ether oxygens (including phenoxy) is 1. The zero-order valence-corrected chi connectivity index (χ0v) is 18.6. The Hall–Kier alpha value is -4.52. The van der Waals surface area contributed by atoms with Crippen molar-refractivity contribution in [2.75, 3.05) is 4.90 Å².